The summed E-state index contributed by atoms with van der Waals surface area (Å²) in [5.74, 6) is 0. The van der Waals surface area contributed by atoms with Gasteiger partial charge in [-0.15, -0.1) is 0 Å². The van der Waals surface area contributed by atoms with E-state index in [4.69, 9.17) is 19.2 Å². The molecule has 0 nitrogen and oxygen atoms in total. The van der Waals surface area contributed by atoms with Gasteiger partial charge in [0.1, 0.15) is 0 Å². The fraction of sp³-hybridized carbons (Fsp3) is 0. The van der Waals surface area contributed by atoms with Crippen molar-refractivity contribution in [3.05, 3.63) is 0 Å². The van der Waals surface area contributed by atoms with Gasteiger partial charge in [-0.25, -0.2) is 0 Å². The van der Waals surface area contributed by atoms with E-state index >= 15 is 0 Å². The van der Waals surface area contributed by atoms with Crippen molar-refractivity contribution < 1.29 is 61.3 Å². The summed E-state index contributed by atoms with van der Waals surface area (Å²) < 4.78 is 0. The van der Waals surface area contributed by atoms with Gasteiger partial charge in [0.2, 0.25) is 0 Å². The zero-order chi connectivity index (χ0) is 5.58. The van der Waals surface area contributed by atoms with Crippen LogP contribution in [0.25, 0.3) is 0 Å². The summed E-state index contributed by atoms with van der Waals surface area (Å²) in [4.78, 5) is 0. The first-order chi connectivity index (χ1) is 2.73. The molecule has 0 spiro atoms. The molecule has 0 aliphatic heterocycles. The summed E-state index contributed by atoms with van der Waals surface area (Å²) in [5, 5.41) is 0. The average molecular weight is 474 g/mol. The Hall–Kier alpha value is 3.67. The standard InChI is InChI=1S/4ClH.Er.Ho/h4*1H;;/q;;;;+1;+3/p-4. The fourth-order valence-electron chi connectivity index (χ4n) is 0. The summed E-state index contributed by atoms with van der Waals surface area (Å²) in [7, 11) is 0. The van der Waals surface area contributed by atoms with Crippen LogP contribution >= 0.6 is 25.6 Å². The van der Waals surface area contributed by atoms with Crippen LogP contribution in [-0.2, 0) is 0 Å². The molecule has 0 radical (unpaired) electrons. The van der Waals surface area contributed by atoms with E-state index in [1.54, 1.807) is 0 Å². The molecule has 0 fully saturated rings. The molecule has 6 heavy (non-hydrogen) atoms. The van der Waals surface area contributed by atoms with Crippen LogP contribution in [0.15, 0.2) is 0 Å². The molecular formula is Cl4ErHo. The molecular weight excluding hydrogens is 474 g/mol. The molecule has 0 atom stereocenters. The van der Waals surface area contributed by atoms with E-state index in [9.17, 15) is 0 Å². The monoisotopic (exact) mass is 471 g/mol. The maximum absolute atomic E-state index is 4.95. The third kappa shape index (κ3) is 25.3. The molecule has 0 aromatic rings. The van der Waals surface area contributed by atoms with Crippen LogP contribution in [0, 0.1) is 61.3 Å². The summed E-state index contributed by atoms with van der Waals surface area (Å²) >= 11 is 0.102. The summed E-state index contributed by atoms with van der Waals surface area (Å²) in [6, 6.07) is 0. The number of hydrogen-bond donors (Lipinski definition) is 0. The third-order valence-corrected chi connectivity index (χ3v) is 0. The van der Waals surface area contributed by atoms with Crippen LogP contribution in [0.5, 0.6) is 0 Å². The summed E-state index contributed by atoms with van der Waals surface area (Å²) in [6.45, 7) is 4.56. The van der Waals surface area contributed by atoms with Crippen molar-refractivity contribution in [1.29, 1.82) is 0 Å². The molecule has 0 saturated carbocycles. The van der Waals surface area contributed by atoms with Gasteiger partial charge in [-0.2, -0.15) is 0 Å². The van der Waals surface area contributed by atoms with E-state index in [0.29, 0.717) is 0 Å². The van der Waals surface area contributed by atoms with Gasteiger partial charge in [-0.1, -0.05) is 0 Å². The van der Waals surface area contributed by atoms with Crippen molar-refractivity contribution >= 4 is 25.6 Å². The molecule has 0 aromatic heterocycles. The molecule has 0 saturated heterocycles. The Balaban J connectivity index is 0. The Morgan fingerprint density at radius 1 is 1.00 bits per heavy atom. The second-order valence-electron chi connectivity index (χ2n) is 0.129. The van der Waals surface area contributed by atoms with Crippen molar-refractivity contribution in [3.63, 3.8) is 0 Å². The Morgan fingerprint density at radius 2 is 1.00 bits per heavy atom. The van der Waals surface area contributed by atoms with Gasteiger partial charge >= 0.3 is 86.9 Å². The first-order valence-corrected chi connectivity index (χ1v) is 10.0. The molecule has 0 aliphatic rings. The fourth-order valence-corrected chi connectivity index (χ4v) is 0. The Labute approximate surface area is 84.0 Å². The molecule has 0 unspecified atom stereocenters. The van der Waals surface area contributed by atoms with Crippen LogP contribution in [0.2, 0.25) is 0 Å². The van der Waals surface area contributed by atoms with Gasteiger partial charge in [0.05, 0.1) is 0 Å². The van der Waals surface area contributed by atoms with E-state index in [2.05, 4.69) is 6.47 Å². The van der Waals surface area contributed by atoms with Gasteiger partial charge in [-0.3, -0.25) is 0 Å². The average Bonchev–Trinajstić information content (AvgIpc) is 1.41. The van der Waals surface area contributed by atoms with Crippen molar-refractivity contribution in [1.82, 2.24) is 0 Å². The summed E-state index contributed by atoms with van der Waals surface area (Å²) in [6.07, 6.45) is 14.9. The second-order valence-corrected chi connectivity index (χ2v) is 8.62. The molecule has 51 valence electrons. The Kier molecular flexibility index (Phi) is 23.6. The van der Waals surface area contributed by atoms with Crippen molar-refractivity contribution in [2.24, 2.45) is 0 Å². The molecule has 0 bridgehead atoms. The number of hydrogen-bond acceptors (Lipinski definition) is 0. The maximum atomic E-state index is 4.95. The SMILES string of the molecule is [Cl][Er].[Cl][Ho]([Cl])[Cl]. The van der Waals surface area contributed by atoms with Gasteiger partial charge in [0, 0.05) is 0 Å². The normalized spacial score (nSPS) is 8.67. The van der Waals surface area contributed by atoms with E-state index < -0.39 is 27.4 Å². The van der Waals surface area contributed by atoms with E-state index in [1.165, 1.54) is 0 Å². The van der Waals surface area contributed by atoms with Crippen molar-refractivity contribution in [2.75, 3.05) is 0 Å². The molecule has 0 aliphatic carbocycles. The number of rotatable bonds is 0. The van der Waals surface area contributed by atoms with Crippen LogP contribution < -0.4 is 0 Å². The topological polar surface area (TPSA) is 0 Å². The predicted octanol–water partition coefficient (Wildman–Crippen LogP) is 2.76. The third-order valence-electron chi connectivity index (χ3n) is 0. The molecule has 0 N–H and O–H groups in total. The zero-order valence-electron chi connectivity index (χ0n) is 2.10. The van der Waals surface area contributed by atoms with Gasteiger partial charge in [-0.05, 0) is 0 Å². The van der Waals surface area contributed by atoms with Gasteiger partial charge in [0.25, 0.3) is 0 Å². The molecule has 0 heterocycles. The van der Waals surface area contributed by atoms with Crippen LogP contribution in [-0.4, -0.2) is 0 Å². The number of halogens is 4. The minimum absolute atomic E-state index is 1.79. The van der Waals surface area contributed by atoms with E-state index in [1.807, 2.05) is 33.9 Å². The van der Waals surface area contributed by atoms with Crippen molar-refractivity contribution in [3.8, 4) is 0 Å². The van der Waals surface area contributed by atoms with Crippen LogP contribution in [0.1, 0.15) is 0 Å². The van der Waals surface area contributed by atoms with Crippen molar-refractivity contribution in [2.45, 2.75) is 0 Å². The second kappa shape index (κ2) is 11.5. The van der Waals surface area contributed by atoms with Crippen LogP contribution in [0.3, 0.4) is 0 Å². The zero-order valence-corrected chi connectivity index (χ0v) is 8.91. The molecule has 6 heteroatoms. The van der Waals surface area contributed by atoms with E-state index in [-0.39, 0.29) is 0 Å². The first-order valence-electron chi connectivity index (χ1n) is 0.451. The van der Waals surface area contributed by atoms with E-state index in [0.717, 1.165) is 0 Å². The molecule has 0 aromatic carbocycles. The minimum atomic E-state index is -1.79. The molecule has 0 amide bonds. The Bertz CT molecular complexity index is 12.3. The first kappa shape index (κ1) is 12.4. The predicted molar refractivity (Wildman–Crippen MR) is 23.4 cm³/mol. The summed E-state index contributed by atoms with van der Waals surface area (Å²) in [5.41, 5.74) is 0. The van der Waals surface area contributed by atoms with Gasteiger partial charge < -0.3 is 0 Å². The Morgan fingerprint density at radius 3 is 1.00 bits per heavy atom. The van der Waals surface area contributed by atoms with Crippen LogP contribution in [0.4, 0.5) is 0 Å². The van der Waals surface area contributed by atoms with Gasteiger partial charge in [0.15, 0.2) is 0 Å². The molecule has 0 rings (SSSR count). The quantitative estimate of drug-likeness (QED) is 0.475.